The van der Waals surface area contributed by atoms with E-state index in [9.17, 15) is 8.42 Å². The molecule has 0 spiro atoms. The van der Waals surface area contributed by atoms with Gasteiger partial charge in [-0.05, 0) is 20.8 Å². The third-order valence-electron chi connectivity index (χ3n) is 2.90. The third-order valence-corrected chi connectivity index (χ3v) is 4.71. The van der Waals surface area contributed by atoms with E-state index >= 15 is 0 Å². The molecule has 0 unspecified atom stereocenters. The normalized spacial score (nSPS) is 12.8. The first-order valence-corrected chi connectivity index (χ1v) is 8.21. The monoisotopic (exact) mass is 298 g/mol. The van der Waals surface area contributed by atoms with Crippen LogP contribution in [-0.4, -0.2) is 44.4 Å². The highest BCUT2D eigenvalue weighted by Crippen LogP contribution is 2.08. The van der Waals surface area contributed by atoms with Gasteiger partial charge in [0, 0.05) is 12.6 Å². The zero-order chi connectivity index (χ0) is 15.2. The SMILES string of the molecule is CCO/N=C(/CN(C)S(=O)(=O)CC)c1ccc(C)cc1. The van der Waals surface area contributed by atoms with Crippen LogP contribution in [0.25, 0.3) is 0 Å². The van der Waals surface area contributed by atoms with Crippen molar-refractivity contribution in [3.05, 3.63) is 35.4 Å². The molecule has 5 nitrogen and oxygen atoms in total. The molecule has 112 valence electrons. The second-order valence-electron chi connectivity index (χ2n) is 4.48. The van der Waals surface area contributed by atoms with Gasteiger partial charge in [-0.25, -0.2) is 8.42 Å². The molecule has 1 aromatic rings. The van der Waals surface area contributed by atoms with Gasteiger partial charge in [0.1, 0.15) is 12.3 Å². The number of rotatable bonds is 7. The lowest BCUT2D eigenvalue weighted by atomic mass is 10.1. The molecule has 1 aromatic carbocycles. The molecule has 0 saturated carbocycles. The van der Waals surface area contributed by atoms with Crippen molar-refractivity contribution in [3.63, 3.8) is 0 Å². The number of benzene rings is 1. The number of hydrogen-bond acceptors (Lipinski definition) is 4. The minimum atomic E-state index is -3.24. The largest absolute Gasteiger partial charge is 0.396 e. The Labute approximate surface area is 121 Å². The lowest BCUT2D eigenvalue weighted by Crippen LogP contribution is -2.33. The maximum atomic E-state index is 11.8. The number of sulfonamides is 1. The molecule has 0 bridgehead atoms. The van der Waals surface area contributed by atoms with E-state index in [4.69, 9.17) is 4.84 Å². The maximum absolute atomic E-state index is 11.8. The highest BCUT2D eigenvalue weighted by Gasteiger charge is 2.18. The Bertz CT molecular complexity index is 550. The first-order valence-electron chi connectivity index (χ1n) is 6.60. The molecular weight excluding hydrogens is 276 g/mol. The van der Waals surface area contributed by atoms with Crippen LogP contribution in [0.2, 0.25) is 0 Å². The fraction of sp³-hybridized carbons (Fsp3) is 0.500. The van der Waals surface area contributed by atoms with Crippen LogP contribution in [0, 0.1) is 6.92 Å². The van der Waals surface area contributed by atoms with Crippen molar-refractivity contribution in [2.24, 2.45) is 5.16 Å². The summed E-state index contributed by atoms with van der Waals surface area (Å²) in [6.07, 6.45) is 0. The van der Waals surface area contributed by atoms with Crippen molar-refractivity contribution in [1.82, 2.24) is 4.31 Å². The van der Waals surface area contributed by atoms with Crippen molar-refractivity contribution in [3.8, 4) is 0 Å². The van der Waals surface area contributed by atoms with Gasteiger partial charge < -0.3 is 4.84 Å². The number of oxime groups is 1. The lowest BCUT2D eigenvalue weighted by molar-refractivity contribution is 0.158. The van der Waals surface area contributed by atoms with Crippen molar-refractivity contribution in [2.75, 3.05) is 26.0 Å². The summed E-state index contributed by atoms with van der Waals surface area (Å²) in [6.45, 7) is 6.09. The first-order chi connectivity index (χ1) is 9.40. The van der Waals surface area contributed by atoms with Gasteiger partial charge in [-0.2, -0.15) is 4.31 Å². The summed E-state index contributed by atoms with van der Waals surface area (Å²) in [7, 11) is -1.69. The fourth-order valence-electron chi connectivity index (χ4n) is 1.59. The molecule has 0 N–H and O–H groups in total. The van der Waals surface area contributed by atoms with Gasteiger partial charge in [0.15, 0.2) is 0 Å². The minimum absolute atomic E-state index is 0.0688. The lowest BCUT2D eigenvalue weighted by Gasteiger charge is -2.17. The molecule has 6 heteroatoms. The standard InChI is InChI=1S/C14H22N2O3S/c1-5-19-15-14(11-16(4)20(17,18)6-2)13-9-7-12(3)8-10-13/h7-10H,5-6,11H2,1-4H3/b15-14-. The van der Waals surface area contributed by atoms with Crippen LogP contribution < -0.4 is 0 Å². The van der Waals surface area contributed by atoms with Gasteiger partial charge in [0.2, 0.25) is 10.0 Å². The van der Waals surface area contributed by atoms with E-state index < -0.39 is 10.0 Å². The molecule has 0 aliphatic carbocycles. The molecule has 0 aliphatic heterocycles. The molecule has 0 amide bonds. The summed E-state index contributed by atoms with van der Waals surface area (Å²) in [5.74, 6) is 0.0688. The van der Waals surface area contributed by atoms with E-state index in [0.29, 0.717) is 12.3 Å². The Morgan fingerprint density at radius 1 is 1.25 bits per heavy atom. The molecule has 0 saturated heterocycles. The van der Waals surface area contributed by atoms with Crippen molar-refractivity contribution in [2.45, 2.75) is 20.8 Å². The van der Waals surface area contributed by atoms with Crippen molar-refractivity contribution in [1.29, 1.82) is 0 Å². The minimum Gasteiger partial charge on any atom is -0.396 e. The summed E-state index contributed by atoms with van der Waals surface area (Å²) in [6, 6.07) is 7.76. The molecule has 0 atom stereocenters. The van der Waals surface area contributed by atoms with E-state index in [1.165, 1.54) is 4.31 Å². The van der Waals surface area contributed by atoms with E-state index in [0.717, 1.165) is 11.1 Å². The summed E-state index contributed by atoms with van der Waals surface area (Å²) in [4.78, 5) is 5.09. The summed E-state index contributed by atoms with van der Waals surface area (Å²) >= 11 is 0. The topological polar surface area (TPSA) is 59.0 Å². The van der Waals surface area contributed by atoms with Crippen molar-refractivity contribution >= 4 is 15.7 Å². The first kappa shape index (κ1) is 16.7. The van der Waals surface area contributed by atoms with Gasteiger partial charge in [-0.1, -0.05) is 35.0 Å². The molecule has 0 radical (unpaired) electrons. The van der Waals surface area contributed by atoms with Gasteiger partial charge in [-0.3, -0.25) is 0 Å². The maximum Gasteiger partial charge on any atom is 0.213 e. The van der Waals surface area contributed by atoms with Crippen LogP contribution in [0.5, 0.6) is 0 Å². The number of likely N-dealkylation sites (N-methyl/N-ethyl adjacent to an activating group) is 1. The van der Waals surface area contributed by atoms with Gasteiger partial charge in [0.25, 0.3) is 0 Å². The number of nitrogens with zero attached hydrogens (tertiary/aromatic N) is 2. The van der Waals surface area contributed by atoms with Crippen LogP contribution in [0.15, 0.2) is 29.4 Å². The van der Waals surface area contributed by atoms with E-state index in [1.54, 1.807) is 14.0 Å². The molecule has 0 aliphatic rings. The van der Waals surface area contributed by atoms with Crippen LogP contribution in [0.3, 0.4) is 0 Å². The summed E-state index contributed by atoms with van der Waals surface area (Å²) < 4.78 is 24.9. The predicted octanol–water partition coefficient (Wildman–Crippen LogP) is 2.02. The van der Waals surface area contributed by atoms with Gasteiger partial charge in [0.05, 0.1) is 12.3 Å². The Morgan fingerprint density at radius 2 is 1.85 bits per heavy atom. The van der Waals surface area contributed by atoms with E-state index in [-0.39, 0.29) is 12.3 Å². The Kier molecular flexibility index (Phi) is 6.16. The average Bonchev–Trinajstić information content (AvgIpc) is 2.44. The average molecular weight is 298 g/mol. The zero-order valence-corrected chi connectivity index (χ0v) is 13.3. The predicted molar refractivity (Wildman–Crippen MR) is 81.4 cm³/mol. The van der Waals surface area contributed by atoms with E-state index in [2.05, 4.69) is 5.16 Å². The molecule has 0 fully saturated rings. The molecule has 0 heterocycles. The van der Waals surface area contributed by atoms with Gasteiger partial charge in [-0.15, -0.1) is 0 Å². The molecule has 1 rings (SSSR count). The third kappa shape index (κ3) is 4.61. The van der Waals surface area contributed by atoms with E-state index in [1.807, 2.05) is 38.1 Å². The Morgan fingerprint density at radius 3 is 2.35 bits per heavy atom. The molecule has 20 heavy (non-hydrogen) atoms. The number of hydrogen-bond donors (Lipinski definition) is 0. The highest BCUT2D eigenvalue weighted by atomic mass is 32.2. The van der Waals surface area contributed by atoms with Crippen LogP contribution >= 0.6 is 0 Å². The van der Waals surface area contributed by atoms with Crippen molar-refractivity contribution < 1.29 is 13.3 Å². The smallest absolute Gasteiger partial charge is 0.213 e. The second kappa shape index (κ2) is 7.40. The highest BCUT2D eigenvalue weighted by molar-refractivity contribution is 7.89. The molecular formula is C14H22N2O3S. The Hall–Kier alpha value is -1.40. The van der Waals surface area contributed by atoms with Crippen LogP contribution in [0.1, 0.15) is 25.0 Å². The Balaban J connectivity index is 3.00. The second-order valence-corrected chi connectivity index (χ2v) is 6.84. The molecule has 0 aromatic heterocycles. The fourth-order valence-corrected chi connectivity index (χ4v) is 2.35. The number of aryl methyl sites for hydroxylation is 1. The summed E-state index contributed by atoms with van der Waals surface area (Å²) in [5, 5.41) is 4.04. The zero-order valence-electron chi connectivity index (χ0n) is 12.5. The van der Waals surface area contributed by atoms with Crippen LogP contribution in [0.4, 0.5) is 0 Å². The van der Waals surface area contributed by atoms with Gasteiger partial charge >= 0.3 is 0 Å². The quantitative estimate of drug-likeness (QED) is 0.571. The summed E-state index contributed by atoms with van der Waals surface area (Å²) in [5.41, 5.74) is 2.60. The van der Waals surface area contributed by atoms with Crippen LogP contribution in [-0.2, 0) is 14.9 Å².